The van der Waals surface area contributed by atoms with E-state index in [0.29, 0.717) is 42.3 Å². The van der Waals surface area contributed by atoms with Gasteiger partial charge < -0.3 is 9.32 Å². The summed E-state index contributed by atoms with van der Waals surface area (Å²) >= 11 is 0. The summed E-state index contributed by atoms with van der Waals surface area (Å²) in [6.45, 7) is 1.28. The first-order chi connectivity index (χ1) is 13.2. The lowest BCUT2D eigenvalue weighted by molar-refractivity contribution is 0.0697. The number of aromatic nitrogens is 2. The van der Waals surface area contributed by atoms with Gasteiger partial charge in [0.2, 0.25) is 0 Å². The number of rotatable bonds is 4. The highest BCUT2D eigenvalue weighted by Crippen LogP contribution is 2.28. The van der Waals surface area contributed by atoms with Crippen LogP contribution in [0.2, 0.25) is 0 Å². The third-order valence-corrected chi connectivity index (χ3v) is 4.86. The Balaban J connectivity index is 1.45. The van der Waals surface area contributed by atoms with Gasteiger partial charge in [-0.05, 0) is 36.6 Å². The second-order valence-electron chi connectivity index (χ2n) is 6.77. The van der Waals surface area contributed by atoms with E-state index in [-0.39, 0.29) is 17.6 Å². The molecule has 0 spiro atoms. The van der Waals surface area contributed by atoms with Crippen LogP contribution < -0.4 is 0 Å². The van der Waals surface area contributed by atoms with E-state index in [2.05, 4.69) is 9.97 Å². The van der Waals surface area contributed by atoms with Crippen LogP contribution in [-0.2, 0) is 6.42 Å². The molecule has 0 aliphatic carbocycles. The number of oxazole rings is 1. The number of carbonyl (C=O) groups is 1. The van der Waals surface area contributed by atoms with Crippen LogP contribution in [0.1, 0.15) is 46.3 Å². The van der Waals surface area contributed by atoms with E-state index in [1.54, 1.807) is 48.9 Å². The molecular formula is C21H20FN3O2. The van der Waals surface area contributed by atoms with Crippen molar-refractivity contribution >= 4 is 5.91 Å². The van der Waals surface area contributed by atoms with E-state index < -0.39 is 0 Å². The number of pyridine rings is 1. The summed E-state index contributed by atoms with van der Waals surface area (Å²) in [4.78, 5) is 22.9. The SMILES string of the molecule is O=C(c1cccnc1)N1CCC[C@@H](c2ncc(Cc3ccccc3F)o2)C1. The van der Waals surface area contributed by atoms with Gasteiger partial charge in [-0.25, -0.2) is 9.37 Å². The Bertz CT molecular complexity index is 926. The number of benzene rings is 1. The first-order valence-corrected chi connectivity index (χ1v) is 9.08. The number of hydrogen-bond acceptors (Lipinski definition) is 4. The summed E-state index contributed by atoms with van der Waals surface area (Å²) in [5, 5.41) is 0. The number of halogens is 1. The molecule has 1 amide bonds. The lowest BCUT2D eigenvalue weighted by Crippen LogP contribution is -2.39. The molecule has 3 aromatic rings. The third kappa shape index (κ3) is 3.89. The average molecular weight is 365 g/mol. The van der Waals surface area contributed by atoms with E-state index in [4.69, 9.17) is 4.42 Å². The first kappa shape index (κ1) is 17.4. The van der Waals surface area contributed by atoms with Crippen molar-refractivity contribution in [3.63, 3.8) is 0 Å². The Hall–Kier alpha value is -3.02. The number of carbonyl (C=O) groups excluding carboxylic acids is 1. The third-order valence-electron chi connectivity index (χ3n) is 4.86. The predicted octanol–water partition coefficient (Wildman–Crippen LogP) is 3.82. The zero-order chi connectivity index (χ0) is 18.6. The van der Waals surface area contributed by atoms with Gasteiger partial charge in [0.15, 0.2) is 5.89 Å². The molecule has 1 saturated heterocycles. The monoisotopic (exact) mass is 365 g/mol. The molecule has 138 valence electrons. The summed E-state index contributed by atoms with van der Waals surface area (Å²) in [5.41, 5.74) is 1.17. The minimum absolute atomic E-state index is 0.0223. The van der Waals surface area contributed by atoms with Crippen LogP contribution in [0.3, 0.4) is 0 Å². The second kappa shape index (κ2) is 7.70. The van der Waals surface area contributed by atoms with E-state index in [0.717, 1.165) is 12.8 Å². The van der Waals surface area contributed by atoms with Crippen LogP contribution in [0.25, 0.3) is 0 Å². The molecule has 1 aromatic carbocycles. The fourth-order valence-corrected chi connectivity index (χ4v) is 3.46. The molecule has 1 aliphatic heterocycles. The van der Waals surface area contributed by atoms with Crippen molar-refractivity contribution < 1.29 is 13.6 Å². The van der Waals surface area contributed by atoms with Crippen LogP contribution in [0.5, 0.6) is 0 Å². The largest absolute Gasteiger partial charge is 0.445 e. The van der Waals surface area contributed by atoms with Crippen LogP contribution in [-0.4, -0.2) is 33.9 Å². The lowest BCUT2D eigenvalue weighted by atomic mass is 9.97. The number of hydrogen-bond donors (Lipinski definition) is 0. The molecule has 6 heteroatoms. The number of piperidine rings is 1. The topological polar surface area (TPSA) is 59.2 Å². The fraction of sp³-hybridized carbons (Fsp3) is 0.286. The molecule has 5 nitrogen and oxygen atoms in total. The van der Waals surface area contributed by atoms with E-state index >= 15 is 0 Å². The minimum Gasteiger partial charge on any atom is -0.445 e. The van der Waals surface area contributed by atoms with Gasteiger partial charge in [-0.3, -0.25) is 9.78 Å². The highest BCUT2D eigenvalue weighted by Gasteiger charge is 2.28. The van der Waals surface area contributed by atoms with Gasteiger partial charge in [0.05, 0.1) is 17.7 Å². The normalized spacial score (nSPS) is 17.1. The average Bonchev–Trinajstić information content (AvgIpc) is 3.19. The summed E-state index contributed by atoms with van der Waals surface area (Å²) in [5.74, 6) is 1.02. The Morgan fingerprint density at radius 3 is 2.93 bits per heavy atom. The van der Waals surface area contributed by atoms with Crippen molar-refractivity contribution in [2.24, 2.45) is 0 Å². The molecular weight excluding hydrogens is 345 g/mol. The molecule has 0 radical (unpaired) electrons. The molecule has 1 aliphatic rings. The van der Waals surface area contributed by atoms with Crippen molar-refractivity contribution in [2.75, 3.05) is 13.1 Å². The molecule has 0 N–H and O–H groups in total. The van der Waals surface area contributed by atoms with Crippen LogP contribution in [0.4, 0.5) is 4.39 Å². The van der Waals surface area contributed by atoms with Gasteiger partial charge in [-0.15, -0.1) is 0 Å². The molecule has 27 heavy (non-hydrogen) atoms. The summed E-state index contributed by atoms with van der Waals surface area (Å²) in [6.07, 6.45) is 7.07. The zero-order valence-corrected chi connectivity index (χ0v) is 14.8. The molecule has 2 aromatic heterocycles. The van der Waals surface area contributed by atoms with Crippen molar-refractivity contribution in [3.8, 4) is 0 Å². The predicted molar refractivity (Wildman–Crippen MR) is 97.8 cm³/mol. The standard InChI is InChI=1S/C21H20FN3O2/c22-19-8-2-1-5-15(19)11-18-13-24-20(27-18)17-7-4-10-25(14-17)21(26)16-6-3-9-23-12-16/h1-3,5-6,8-9,12-13,17H,4,7,10-11,14H2/t17-/m1/s1. The molecule has 4 rings (SSSR count). The molecule has 3 heterocycles. The van der Waals surface area contributed by atoms with Crippen molar-refractivity contribution in [1.29, 1.82) is 0 Å². The highest BCUT2D eigenvalue weighted by molar-refractivity contribution is 5.93. The maximum absolute atomic E-state index is 13.8. The number of likely N-dealkylation sites (tertiary alicyclic amines) is 1. The first-order valence-electron chi connectivity index (χ1n) is 9.08. The Kier molecular flexibility index (Phi) is 4.96. The molecule has 0 saturated carbocycles. The zero-order valence-electron chi connectivity index (χ0n) is 14.8. The van der Waals surface area contributed by atoms with Crippen LogP contribution >= 0.6 is 0 Å². The molecule has 0 unspecified atom stereocenters. The number of nitrogens with zero attached hydrogens (tertiary/aromatic N) is 3. The van der Waals surface area contributed by atoms with Crippen LogP contribution in [0, 0.1) is 5.82 Å². The van der Waals surface area contributed by atoms with Crippen molar-refractivity contribution in [3.05, 3.63) is 83.6 Å². The molecule has 0 bridgehead atoms. The quantitative estimate of drug-likeness (QED) is 0.705. The van der Waals surface area contributed by atoms with Gasteiger partial charge in [0.25, 0.3) is 5.91 Å². The van der Waals surface area contributed by atoms with Gasteiger partial charge in [0.1, 0.15) is 11.6 Å². The minimum atomic E-state index is -0.249. The maximum Gasteiger partial charge on any atom is 0.255 e. The Labute approximate surface area is 156 Å². The van der Waals surface area contributed by atoms with Gasteiger partial charge in [0, 0.05) is 31.9 Å². The summed E-state index contributed by atoms with van der Waals surface area (Å²) < 4.78 is 19.7. The van der Waals surface area contributed by atoms with Gasteiger partial charge >= 0.3 is 0 Å². The highest BCUT2D eigenvalue weighted by atomic mass is 19.1. The number of amides is 1. The van der Waals surface area contributed by atoms with Gasteiger partial charge in [-0.2, -0.15) is 0 Å². The summed E-state index contributed by atoms with van der Waals surface area (Å²) in [7, 11) is 0. The fourth-order valence-electron chi connectivity index (χ4n) is 3.46. The molecule has 1 atom stereocenters. The Morgan fingerprint density at radius 1 is 1.22 bits per heavy atom. The van der Waals surface area contributed by atoms with Gasteiger partial charge in [-0.1, -0.05) is 18.2 Å². The van der Waals surface area contributed by atoms with E-state index in [9.17, 15) is 9.18 Å². The summed E-state index contributed by atoms with van der Waals surface area (Å²) in [6, 6.07) is 10.2. The maximum atomic E-state index is 13.8. The Morgan fingerprint density at radius 2 is 2.11 bits per heavy atom. The lowest BCUT2D eigenvalue weighted by Gasteiger charge is -2.31. The van der Waals surface area contributed by atoms with Crippen molar-refractivity contribution in [1.82, 2.24) is 14.9 Å². The second-order valence-corrected chi connectivity index (χ2v) is 6.77. The smallest absolute Gasteiger partial charge is 0.255 e. The van der Waals surface area contributed by atoms with Crippen LogP contribution in [0.15, 0.2) is 59.4 Å². The van der Waals surface area contributed by atoms with E-state index in [1.807, 2.05) is 4.90 Å². The van der Waals surface area contributed by atoms with Crippen molar-refractivity contribution in [2.45, 2.75) is 25.2 Å². The molecule has 1 fully saturated rings. The van der Waals surface area contributed by atoms with E-state index in [1.165, 1.54) is 6.07 Å².